The number of nitrogens with one attached hydrogen (secondary N) is 2. The molecule has 0 amide bonds. The third-order valence-electron chi connectivity index (χ3n) is 6.04. The van der Waals surface area contributed by atoms with Crippen LogP contribution in [0.2, 0.25) is 0 Å². The molecule has 3 aromatic rings. The highest BCUT2D eigenvalue weighted by molar-refractivity contribution is 5.88. The number of ether oxygens (including phenoxy) is 2. The second-order valence-corrected chi connectivity index (χ2v) is 7.75. The lowest BCUT2D eigenvalue weighted by Crippen LogP contribution is -2.22. The Hall–Kier alpha value is -2.64. The van der Waals surface area contributed by atoms with E-state index >= 15 is 0 Å². The molecule has 4 heterocycles. The zero-order valence-corrected chi connectivity index (χ0v) is 17.0. The molecule has 2 aromatic heterocycles. The van der Waals surface area contributed by atoms with Crippen LogP contribution in [-0.4, -0.2) is 48.7 Å². The first kappa shape index (κ1) is 18.4. The fourth-order valence-electron chi connectivity index (χ4n) is 4.44. The van der Waals surface area contributed by atoms with E-state index in [9.17, 15) is 0 Å². The van der Waals surface area contributed by atoms with E-state index in [-0.39, 0.29) is 0 Å². The first-order chi connectivity index (χ1) is 14.3. The summed E-state index contributed by atoms with van der Waals surface area (Å²) in [7, 11) is 3.64. The molecular weight excluding hydrogens is 366 g/mol. The van der Waals surface area contributed by atoms with Crippen LogP contribution in [0, 0.1) is 0 Å². The van der Waals surface area contributed by atoms with E-state index in [0.717, 1.165) is 79.4 Å². The highest BCUT2D eigenvalue weighted by Crippen LogP contribution is 2.37. The maximum atomic E-state index is 5.79. The maximum absolute atomic E-state index is 5.79. The largest absolute Gasteiger partial charge is 0.494 e. The first-order valence-electron chi connectivity index (χ1n) is 10.3. The number of fused-ring (bicyclic) bond motifs is 2. The summed E-state index contributed by atoms with van der Waals surface area (Å²) in [5.41, 5.74) is 5.61. The van der Waals surface area contributed by atoms with Gasteiger partial charge in [0.1, 0.15) is 17.3 Å². The fourth-order valence-corrected chi connectivity index (χ4v) is 4.44. The van der Waals surface area contributed by atoms with Crippen LogP contribution < -0.4 is 15.4 Å². The van der Waals surface area contributed by atoms with E-state index in [0.29, 0.717) is 5.92 Å². The molecule has 7 heteroatoms. The second-order valence-electron chi connectivity index (χ2n) is 7.75. The summed E-state index contributed by atoms with van der Waals surface area (Å²) >= 11 is 0. The molecule has 0 radical (unpaired) electrons. The summed E-state index contributed by atoms with van der Waals surface area (Å²) in [6, 6.07) is 6.40. The van der Waals surface area contributed by atoms with Crippen molar-refractivity contribution in [3.8, 4) is 11.4 Å². The lowest BCUT2D eigenvalue weighted by Gasteiger charge is -2.24. The smallest absolute Gasteiger partial charge is 0.145 e. The highest BCUT2D eigenvalue weighted by atomic mass is 16.5. The number of hydrogen-bond donors (Lipinski definition) is 2. The summed E-state index contributed by atoms with van der Waals surface area (Å²) in [5.74, 6) is 2.18. The second kappa shape index (κ2) is 7.65. The number of anilines is 1. The van der Waals surface area contributed by atoms with Gasteiger partial charge < -0.3 is 20.1 Å². The van der Waals surface area contributed by atoms with E-state index in [2.05, 4.69) is 35.0 Å². The van der Waals surface area contributed by atoms with Gasteiger partial charge in [-0.1, -0.05) is 0 Å². The van der Waals surface area contributed by atoms with Gasteiger partial charge in [0.25, 0.3) is 0 Å². The summed E-state index contributed by atoms with van der Waals surface area (Å²) in [5, 5.41) is 12.6. The van der Waals surface area contributed by atoms with E-state index in [4.69, 9.17) is 19.6 Å². The van der Waals surface area contributed by atoms with Gasteiger partial charge in [-0.2, -0.15) is 5.10 Å². The molecule has 0 atom stereocenters. The zero-order valence-electron chi connectivity index (χ0n) is 17.0. The molecule has 0 aliphatic carbocycles. The Labute approximate surface area is 170 Å². The van der Waals surface area contributed by atoms with Crippen molar-refractivity contribution in [2.24, 2.45) is 0 Å². The van der Waals surface area contributed by atoms with Gasteiger partial charge in [-0.15, -0.1) is 0 Å². The molecule has 1 aromatic carbocycles. The Balaban J connectivity index is 1.67. The van der Waals surface area contributed by atoms with E-state index in [1.807, 2.05) is 11.7 Å². The third kappa shape index (κ3) is 3.34. The van der Waals surface area contributed by atoms with Crippen molar-refractivity contribution in [1.29, 1.82) is 0 Å². The molecule has 0 unspecified atom stereocenters. The van der Waals surface area contributed by atoms with Gasteiger partial charge in [-0.25, -0.2) is 9.67 Å². The number of rotatable bonds is 4. The summed E-state index contributed by atoms with van der Waals surface area (Å²) in [6.45, 7) is 3.46. The van der Waals surface area contributed by atoms with Crippen LogP contribution in [0.25, 0.3) is 16.6 Å². The minimum Gasteiger partial charge on any atom is -0.494 e. The average molecular weight is 393 g/mol. The zero-order chi connectivity index (χ0) is 19.8. The fraction of sp³-hybridized carbons (Fsp3) is 0.455. The number of nitrogens with zero attached hydrogens (tertiary/aromatic N) is 3. The van der Waals surface area contributed by atoms with Gasteiger partial charge in [0.15, 0.2) is 0 Å². The quantitative estimate of drug-likeness (QED) is 0.710. The van der Waals surface area contributed by atoms with Crippen molar-refractivity contribution >= 4 is 16.7 Å². The molecule has 2 aliphatic heterocycles. The molecule has 152 valence electrons. The van der Waals surface area contributed by atoms with Gasteiger partial charge in [0.05, 0.1) is 18.3 Å². The number of hydrogen-bond acceptors (Lipinski definition) is 6. The Morgan fingerprint density at radius 2 is 2.10 bits per heavy atom. The maximum Gasteiger partial charge on any atom is 0.145 e. The topological polar surface area (TPSA) is 73.2 Å². The molecule has 2 N–H and O–H groups in total. The number of benzene rings is 1. The SMILES string of the molecule is CNc1cc(C2CCOCC2)c2cc(OC)c(-n3cc4c(n3)CCNC4)cc2n1. The Morgan fingerprint density at radius 1 is 1.24 bits per heavy atom. The van der Waals surface area contributed by atoms with Crippen molar-refractivity contribution in [3.63, 3.8) is 0 Å². The van der Waals surface area contributed by atoms with Crippen molar-refractivity contribution in [3.05, 3.63) is 41.2 Å². The molecule has 5 rings (SSSR count). The Bertz CT molecular complexity index is 1020. The molecule has 1 saturated heterocycles. The third-order valence-corrected chi connectivity index (χ3v) is 6.04. The van der Waals surface area contributed by atoms with Crippen LogP contribution in [0.1, 0.15) is 35.6 Å². The van der Waals surface area contributed by atoms with Gasteiger partial charge in [0, 0.05) is 56.9 Å². The summed E-state index contributed by atoms with van der Waals surface area (Å²) in [4.78, 5) is 4.84. The molecule has 2 aliphatic rings. The van der Waals surface area contributed by atoms with Crippen LogP contribution in [0.3, 0.4) is 0 Å². The van der Waals surface area contributed by atoms with Crippen molar-refractivity contribution in [1.82, 2.24) is 20.1 Å². The minimum atomic E-state index is 0.472. The minimum absolute atomic E-state index is 0.472. The van der Waals surface area contributed by atoms with E-state index in [1.165, 1.54) is 11.1 Å². The molecule has 29 heavy (non-hydrogen) atoms. The molecule has 0 bridgehead atoms. The molecule has 0 saturated carbocycles. The molecule has 1 fully saturated rings. The van der Waals surface area contributed by atoms with E-state index < -0.39 is 0 Å². The lowest BCUT2D eigenvalue weighted by molar-refractivity contribution is 0.0856. The van der Waals surface area contributed by atoms with Gasteiger partial charge in [-0.3, -0.25) is 0 Å². The Kier molecular flexibility index (Phi) is 4.85. The van der Waals surface area contributed by atoms with Gasteiger partial charge >= 0.3 is 0 Å². The highest BCUT2D eigenvalue weighted by Gasteiger charge is 2.22. The van der Waals surface area contributed by atoms with E-state index in [1.54, 1.807) is 7.11 Å². The van der Waals surface area contributed by atoms with Crippen molar-refractivity contribution < 1.29 is 9.47 Å². The van der Waals surface area contributed by atoms with Crippen molar-refractivity contribution in [2.45, 2.75) is 31.7 Å². The van der Waals surface area contributed by atoms with Gasteiger partial charge in [-0.05, 0) is 42.5 Å². The predicted octanol–water partition coefficient (Wildman–Crippen LogP) is 3.01. The van der Waals surface area contributed by atoms with Gasteiger partial charge in [0.2, 0.25) is 0 Å². The average Bonchev–Trinajstić information content (AvgIpc) is 3.22. The predicted molar refractivity (Wildman–Crippen MR) is 113 cm³/mol. The Morgan fingerprint density at radius 3 is 2.86 bits per heavy atom. The first-order valence-corrected chi connectivity index (χ1v) is 10.3. The number of pyridine rings is 1. The number of methoxy groups -OCH3 is 1. The molecular formula is C22H27N5O2. The van der Waals surface area contributed by atoms with Crippen LogP contribution in [0.5, 0.6) is 5.75 Å². The van der Waals surface area contributed by atoms with Crippen molar-refractivity contribution in [2.75, 3.05) is 39.2 Å². The molecule has 0 spiro atoms. The lowest BCUT2D eigenvalue weighted by atomic mass is 9.89. The normalized spacial score (nSPS) is 17.3. The summed E-state index contributed by atoms with van der Waals surface area (Å²) < 4.78 is 13.3. The summed E-state index contributed by atoms with van der Waals surface area (Å²) in [6.07, 6.45) is 5.12. The van der Waals surface area contributed by atoms with Crippen LogP contribution in [-0.2, 0) is 17.7 Å². The number of aromatic nitrogens is 3. The van der Waals surface area contributed by atoms with Crippen LogP contribution in [0.4, 0.5) is 5.82 Å². The standard InChI is InChI=1S/C22H27N5O2/c1-23-22-10-16(14-4-7-29-8-5-14)17-9-21(28-2)20(11-19(17)25-22)27-13-15-12-24-6-3-18(15)26-27/h9-11,13-14,24H,3-8,12H2,1-2H3,(H,23,25). The molecule has 7 nitrogen and oxygen atoms in total. The monoisotopic (exact) mass is 393 g/mol. The van der Waals surface area contributed by atoms with Crippen LogP contribution >= 0.6 is 0 Å². The van der Waals surface area contributed by atoms with Crippen LogP contribution in [0.15, 0.2) is 24.4 Å².